The fraction of sp³-hybridized carbons (Fsp3) is 0.158. The highest BCUT2D eigenvalue weighted by atomic mass is 32.2. The minimum absolute atomic E-state index is 0.0579. The van der Waals surface area contributed by atoms with E-state index >= 15 is 0 Å². The summed E-state index contributed by atoms with van der Waals surface area (Å²) in [5.74, 6) is 2.06. The maximum atomic E-state index is 13.3. The number of carbonyl (C=O) groups is 1. The number of anilines is 1. The Morgan fingerprint density at radius 3 is 2.83 bits per heavy atom. The number of hydrogen-bond acceptors (Lipinski definition) is 4. The Morgan fingerprint density at radius 2 is 2.04 bits per heavy atom. The van der Waals surface area contributed by atoms with Gasteiger partial charge in [0.15, 0.2) is 0 Å². The lowest BCUT2D eigenvalue weighted by Gasteiger charge is -2.24. The van der Waals surface area contributed by atoms with E-state index in [2.05, 4.69) is 11.1 Å². The SMILES string of the molecule is O=C([C@H]1CSc2ccccc21)N(Cc1ccco1)c1ccccn1. The molecule has 0 saturated carbocycles. The number of amides is 1. The molecule has 1 aliphatic heterocycles. The molecule has 1 aliphatic rings. The number of aromatic nitrogens is 1. The molecule has 4 rings (SSSR count). The second kappa shape index (κ2) is 6.53. The van der Waals surface area contributed by atoms with Crippen LogP contribution in [0.3, 0.4) is 0 Å². The number of nitrogens with zero attached hydrogens (tertiary/aromatic N) is 2. The van der Waals surface area contributed by atoms with Crippen LogP contribution in [0, 0.1) is 0 Å². The average molecular weight is 336 g/mol. The average Bonchev–Trinajstić information content (AvgIpc) is 3.29. The number of hydrogen-bond donors (Lipinski definition) is 0. The summed E-state index contributed by atoms with van der Waals surface area (Å²) in [5, 5.41) is 0. The van der Waals surface area contributed by atoms with Crippen LogP contribution in [0.15, 0.2) is 76.4 Å². The zero-order valence-electron chi connectivity index (χ0n) is 13.0. The molecule has 0 unspecified atom stereocenters. The summed E-state index contributed by atoms with van der Waals surface area (Å²) in [5.41, 5.74) is 1.10. The van der Waals surface area contributed by atoms with E-state index in [9.17, 15) is 4.79 Å². The first-order valence-electron chi connectivity index (χ1n) is 7.79. The van der Waals surface area contributed by atoms with Crippen molar-refractivity contribution >= 4 is 23.5 Å². The predicted octanol–water partition coefficient (Wildman–Crippen LogP) is 4.10. The predicted molar refractivity (Wildman–Crippen MR) is 94.0 cm³/mol. The van der Waals surface area contributed by atoms with Gasteiger partial charge in [-0.1, -0.05) is 24.3 Å². The van der Waals surface area contributed by atoms with E-state index < -0.39 is 0 Å². The molecule has 1 atom stereocenters. The molecule has 0 saturated heterocycles. The minimum Gasteiger partial charge on any atom is -0.467 e. The lowest BCUT2D eigenvalue weighted by Crippen LogP contribution is -2.35. The number of rotatable bonds is 4. The van der Waals surface area contributed by atoms with Gasteiger partial charge in [0.2, 0.25) is 5.91 Å². The summed E-state index contributed by atoms with van der Waals surface area (Å²) in [6, 6.07) is 17.4. The van der Waals surface area contributed by atoms with Crippen LogP contribution in [0.1, 0.15) is 17.2 Å². The molecular weight excluding hydrogens is 320 g/mol. The van der Waals surface area contributed by atoms with Gasteiger partial charge in [0.05, 0.1) is 18.7 Å². The van der Waals surface area contributed by atoms with Crippen LogP contribution in [0.25, 0.3) is 0 Å². The van der Waals surface area contributed by atoms with Crippen molar-refractivity contribution in [1.29, 1.82) is 0 Å². The second-order valence-corrected chi connectivity index (χ2v) is 6.65. The van der Waals surface area contributed by atoms with Crippen LogP contribution in [-0.2, 0) is 11.3 Å². The van der Waals surface area contributed by atoms with E-state index in [1.54, 1.807) is 29.1 Å². The third kappa shape index (κ3) is 2.83. The van der Waals surface area contributed by atoms with Crippen LogP contribution in [-0.4, -0.2) is 16.6 Å². The largest absolute Gasteiger partial charge is 0.467 e. The molecule has 4 nitrogen and oxygen atoms in total. The van der Waals surface area contributed by atoms with Crippen molar-refractivity contribution in [3.8, 4) is 0 Å². The van der Waals surface area contributed by atoms with Gasteiger partial charge in [-0.05, 0) is 35.9 Å². The van der Waals surface area contributed by atoms with Crippen LogP contribution in [0.4, 0.5) is 5.82 Å². The van der Waals surface area contributed by atoms with Crippen LogP contribution in [0.5, 0.6) is 0 Å². The first-order valence-corrected chi connectivity index (χ1v) is 8.78. The Labute approximate surface area is 144 Å². The van der Waals surface area contributed by atoms with Crippen LogP contribution < -0.4 is 4.90 Å². The number of carbonyl (C=O) groups excluding carboxylic acids is 1. The van der Waals surface area contributed by atoms with Crippen molar-refractivity contribution in [2.24, 2.45) is 0 Å². The topological polar surface area (TPSA) is 46.3 Å². The Morgan fingerprint density at radius 1 is 1.17 bits per heavy atom. The Bertz CT molecular complexity index is 834. The van der Waals surface area contributed by atoms with E-state index in [0.717, 1.165) is 17.1 Å². The van der Waals surface area contributed by atoms with Crippen molar-refractivity contribution < 1.29 is 9.21 Å². The van der Waals surface area contributed by atoms with E-state index in [-0.39, 0.29) is 11.8 Å². The lowest BCUT2D eigenvalue weighted by atomic mass is 9.99. The molecular formula is C19H16N2O2S. The van der Waals surface area contributed by atoms with Gasteiger partial charge >= 0.3 is 0 Å². The Balaban J connectivity index is 1.67. The fourth-order valence-corrected chi connectivity index (χ4v) is 4.12. The third-order valence-electron chi connectivity index (χ3n) is 4.08. The van der Waals surface area contributed by atoms with E-state index in [4.69, 9.17) is 4.42 Å². The van der Waals surface area contributed by atoms with E-state index in [1.807, 2.05) is 48.5 Å². The zero-order chi connectivity index (χ0) is 16.4. The summed E-state index contributed by atoms with van der Waals surface area (Å²) in [6.45, 7) is 0.381. The molecule has 3 heterocycles. The smallest absolute Gasteiger partial charge is 0.237 e. The number of pyridine rings is 1. The maximum Gasteiger partial charge on any atom is 0.237 e. The highest BCUT2D eigenvalue weighted by Crippen LogP contribution is 2.40. The van der Waals surface area contributed by atoms with E-state index in [0.29, 0.717) is 12.4 Å². The van der Waals surface area contributed by atoms with Gasteiger partial charge in [0, 0.05) is 16.8 Å². The standard InChI is InChI=1S/C19H16N2O2S/c22-19(16-13-24-17-8-2-1-7-15(16)17)21(12-14-6-5-11-23-14)18-9-3-4-10-20-18/h1-11,16H,12-13H2/t16-/m0/s1. The molecule has 0 N–H and O–H groups in total. The molecule has 24 heavy (non-hydrogen) atoms. The van der Waals surface area contributed by atoms with Crippen molar-refractivity contribution in [3.63, 3.8) is 0 Å². The minimum atomic E-state index is -0.150. The zero-order valence-corrected chi connectivity index (χ0v) is 13.8. The number of thioether (sulfide) groups is 1. The third-order valence-corrected chi connectivity index (χ3v) is 5.27. The molecule has 0 aliphatic carbocycles. The normalized spacial score (nSPS) is 15.9. The Hall–Kier alpha value is -2.53. The van der Waals surface area contributed by atoms with Crippen LogP contribution >= 0.6 is 11.8 Å². The van der Waals surface area contributed by atoms with Crippen molar-refractivity contribution in [2.75, 3.05) is 10.7 Å². The van der Waals surface area contributed by atoms with Gasteiger partial charge in [0.25, 0.3) is 0 Å². The maximum absolute atomic E-state index is 13.3. The van der Waals surface area contributed by atoms with Crippen LogP contribution in [0.2, 0.25) is 0 Å². The number of fused-ring (bicyclic) bond motifs is 1. The molecule has 0 radical (unpaired) electrons. The lowest BCUT2D eigenvalue weighted by molar-refractivity contribution is -0.119. The molecule has 0 spiro atoms. The molecule has 1 amide bonds. The first kappa shape index (κ1) is 15.0. The van der Waals surface area contributed by atoms with Crippen molar-refractivity contribution in [3.05, 3.63) is 78.4 Å². The highest BCUT2D eigenvalue weighted by Gasteiger charge is 2.33. The monoisotopic (exact) mass is 336 g/mol. The molecule has 0 bridgehead atoms. The quantitative estimate of drug-likeness (QED) is 0.720. The van der Waals surface area contributed by atoms with E-state index in [1.165, 1.54) is 4.90 Å². The summed E-state index contributed by atoms with van der Waals surface area (Å²) < 4.78 is 5.44. The summed E-state index contributed by atoms with van der Waals surface area (Å²) >= 11 is 1.73. The summed E-state index contributed by atoms with van der Waals surface area (Å²) in [4.78, 5) is 20.5. The van der Waals surface area contributed by atoms with Crippen molar-refractivity contribution in [2.45, 2.75) is 17.4 Å². The molecule has 1 aromatic carbocycles. The molecule has 2 aromatic heterocycles. The van der Waals surface area contributed by atoms with Crippen molar-refractivity contribution in [1.82, 2.24) is 4.98 Å². The summed E-state index contributed by atoms with van der Waals surface area (Å²) in [6.07, 6.45) is 3.33. The first-order chi connectivity index (χ1) is 11.8. The van der Waals surface area contributed by atoms with Gasteiger partial charge in [0.1, 0.15) is 11.6 Å². The molecule has 5 heteroatoms. The Kier molecular flexibility index (Phi) is 4.09. The molecule has 0 fully saturated rings. The summed E-state index contributed by atoms with van der Waals surface area (Å²) in [7, 11) is 0. The van der Waals surface area contributed by atoms with Gasteiger partial charge in [-0.2, -0.15) is 0 Å². The van der Waals surface area contributed by atoms with Gasteiger partial charge in [-0.25, -0.2) is 4.98 Å². The fourth-order valence-electron chi connectivity index (χ4n) is 2.90. The van der Waals surface area contributed by atoms with Gasteiger partial charge in [-0.3, -0.25) is 9.69 Å². The highest BCUT2D eigenvalue weighted by molar-refractivity contribution is 7.99. The van der Waals surface area contributed by atoms with Gasteiger partial charge < -0.3 is 4.42 Å². The number of benzene rings is 1. The number of furan rings is 1. The molecule has 120 valence electrons. The van der Waals surface area contributed by atoms with Gasteiger partial charge in [-0.15, -0.1) is 11.8 Å². The molecule has 3 aromatic rings. The second-order valence-electron chi connectivity index (χ2n) is 5.59.